The first-order valence-corrected chi connectivity index (χ1v) is 12.5. The Kier molecular flexibility index (Phi) is 7.10. The standard InChI is InChI=1S/C24H28N4O4S/c1-2-32-21-8-10-22(11-9-21)33(30,31)28-17-20-7-4-3-6-19(20)16-23(28)24(29)26-12-5-14-27-15-13-25-18-27/h3-4,6-11,13,15,18,23H,2,5,12,14,16-17H2,1H3,(H,26,29)/t23-/m1/s1. The van der Waals surface area contributed by atoms with Gasteiger partial charge in [-0.3, -0.25) is 4.79 Å². The number of aryl methyl sites for hydroxylation is 1. The van der Waals surface area contributed by atoms with Gasteiger partial charge >= 0.3 is 0 Å². The van der Waals surface area contributed by atoms with E-state index in [1.165, 1.54) is 16.4 Å². The van der Waals surface area contributed by atoms with Crippen molar-refractivity contribution in [1.82, 2.24) is 19.2 Å². The van der Waals surface area contributed by atoms with Crippen molar-refractivity contribution >= 4 is 15.9 Å². The molecule has 0 saturated carbocycles. The molecular weight excluding hydrogens is 440 g/mol. The van der Waals surface area contributed by atoms with Crippen LogP contribution in [0, 0.1) is 0 Å². The van der Waals surface area contributed by atoms with Gasteiger partial charge in [0.25, 0.3) is 0 Å². The zero-order valence-corrected chi connectivity index (χ0v) is 19.4. The largest absolute Gasteiger partial charge is 0.494 e. The number of nitrogens with one attached hydrogen (secondary N) is 1. The third-order valence-corrected chi connectivity index (χ3v) is 7.57. The Bertz CT molecular complexity index is 1180. The van der Waals surface area contributed by atoms with E-state index in [1.807, 2.05) is 42.0 Å². The lowest BCUT2D eigenvalue weighted by molar-refractivity contribution is -0.125. The maximum Gasteiger partial charge on any atom is 0.244 e. The van der Waals surface area contributed by atoms with Gasteiger partial charge in [-0.15, -0.1) is 0 Å². The van der Waals surface area contributed by atoms with Gasteiger partial charge in [-0.2, -0.15) is 4.31 Å². The van der Waals surface area contributed by atoms with E-state index in [2.05, 4.69) is 10.3 Å². The monoisotopic (exact) mass is 468 g/mol. The van der Waals surface area contributed by atoms with Crippen LogP contribution in [0.3, 0.4) is 0 Å². The molecule has 1 aliphatic rings. The van der Waals surface area contributed by atoms with E-state index < -0.39 is 16.1 Å². The number of carbonyl (C=O) groups is 1. The highest BCUT2D eigenvalue weighted by Crippen LogP contribution is 2.30. The van der Waals surface area contributed by atoms with Crippen LogP contribution in [0.4, 0.5) is 0 Å². The fourth-order valence-electron chi connectivity index (χ4n) is 3.99. The molecule has 1 N–H and O–H groups in total. The Labute approximate surface area is 194 Å². The van der Waals surface area contributed by atoms with Crippen molar-refractivity contribution in [2.75, 3.05) is 13.2 Å². The molecule has 0 radical (unpaired) electrons. The van der Waals surface area contributed by atoms with E-state index in [1.54, 1.807) is 24.7 Å². The molecule has 2 heterocycles. The Morgan fingerprint density at radius 2 is 1.91 bits per heavy atom. The zero-order valence-electron chi connectivity index (χ0n) is 18.6. The molecule has 0 unspecified atom stereocenters. The van der Waals surface area contributed by atoms with Gasteiger partial charge in [-0.25, -0.2) is 13.4 Å². The summed E-state index contributed by atoms with van der Waals surface area (Å²) in [6.07, 6.45) is 6.36. The molecule has 0 spiro atoms. The van der Waals surface area contributed by atoms with Crippen LogP contribution in [-0.2, 0) is 34.3 Å². The number of benzene rings is 2. The molecule has 174 valence electrons. The molecule has 1 amide bonds. The number of aromatic nitrogens is 2. The highest BCUT2D eigenvalue weighted by atomic mass is 32.2. The summed E-state index contributed by atoms with van der Waals surface area (Å²) in [7, 11) is -3.89. The number of hydrogen-bond acceptors (Lipinski definition) is 5. The van der Waals surface area contributed by atoms with Crippen LogP contribution in [0.15, 0.2) is 72.1 Å². The quantitative estimate of drug-likeness (QED) is 0.487. The summed E-state index contributed by atoms with van der Waals surface area (Å²) >= 11 is 0. The lowest BCUT2D eigenvalue weighted by Crippen LogP contribution is -2.52. The van der Waals surface area contributed by atoms with E-state index in [9.17, 15) is 13.2 Å². The van der Waals surface area contributed by atoms with E-state index in [0.29, 0.717) is 25.3 Å². The van der Waals surface area contributed by atoms with Crippen LogP contribution in [0.25, 0.3) is 0 Å². The van der Waals surface area contributed by atoms with E-state index in [0.717, 1.165) is 24.1 Å². The van der Waals surface area contributed by atoms with Crippen molar-refractivity contribution in [1.29, 1.82) is 0 Å². The first kappa shape index (κ1) is 23.0. The highest BCUT2D eigenvalue weighted by molar-refractivity contribution is 7.89. The molecule has 1 aliphatic heterocycles. The van der Waals surface area contributed by atoms with Gasteiger partial charge in [0.2, 0.25) is 15.9 Å². The maximum atomic E-state index is 13.6. The molecule has 1 atom stereocenters. The van der Waals surface area contributed by atoms with Gasteiger partial charge in [0.1, 0.15) is 11.8 Å². The Morgan fingerprint density at radius 3 is 2.61 bits per heavy atom. The second-order valence-corrected chi connectivity index (χ2v) is 9.78. The van der Waals surface area contributed by atoms with Gasteiger partial charge in [0.05, 0.1) is 17.8 Å². The SMILES string of the molecule is CCOc1ccc(S(=O)(=O)N2Cc3ccccc3C[C@@H]2C(=O)NCCCn2ccnc2)cc1. The van der Waals surface area contributed by atoms with Gasteiger partial charge < -0.3 is 14.6 Å². The number of fused-ring (bicyclic) bond motifs is 1. The molecule has 8 nitrogen and oxygen atoms in total. The molecule has 33 heavy (non-hydrogen) atoms. The average molecular weight is 469 g/mol. The number of carbonyl (C=O) groups excluding carboxylic acids is 1. The minimum atomic E-state index is -3.89. The number of nitrogens with zero attached hydrogens (tertiary/aromatic N) is 3. The van der Waals surface area contributed by atoms with Crippen molar-refractivity contribution in [3.8, 4) is 5.75 Å². The average Bonchev–Trinajstić information content (AvgIpc) is 3.35. The molecule has 0 saturated heterocycles. The molecular formula is C24H28N4O4S. The van der Waals surface area contributed by atoms with E-state index in [4.69, 9.17) is 4.74 Å². The normalized spacial score (nSPS) is 16.2. The van der Waals surface area contributed by atoms with Crippen LogP contribution in [0.1, 0.15) is 24.5 Å². The summed E-state index contributed by atoms with van der Waals surface area (Å²) in [4.78, 5) is 17.3. The van der Waals surface area contributed by atoms with E-state index in [-0.39, 0.29) is 17.3 Å². The van der Waals surface area contributed by atoms with Crippen molar-refractivity contribution in [2.24, 2.45) is 0 Å². The summed E-state index contributed by atoms with van der Waals surface area (Å²) in [6.45, 7) is 3.69. The smallest absolute Gasteiger partial charge is 0.244 e. The third-order valence-electron chi connectivity index (χ3n) is 5.70. The lowest BCUT2D eigenvalue weighted by Gasteiger charge is -2.35. The molecule has 0 fully saturated rings. The molecule has 1 aromatic heterocycles. The second-order valence-electron chi connectivity index (χ2n) is 7.89. The number of ether oxygens (including phenoxy) is 1. The van der Waals surface area contributed by atoms with Gasteiger partial charge in [-0.1, -0.05) is 24.3 Å². The number of imidazole rings is 1. The summed E-state index contributed by atoms with van der Waals surface area (Å²) in [5, 5.41) is 2.93. The first-order valence-electron chi connectivity index (χ1n) is 11.0. The minimum Gasteiger partial charge on any atom is -0.494 e. The Balaban J connectivity index is 1.53. The van der Waals surface area contributed by atoms with Crippen molar-refractivity contribution < 1.29 is 17.9 Å². The summed E-state index contributed by atoms with van der Waals surface area (Å²) < 4.78 is 35.8. The maximum absolute atomic E-state index is 13.6. The topological polar surface area (TPSA) is 93.5 Å². The number of sulfonamides is 1. The van der Waals surface area contributed by atoms with E-state index >= 15 is 0 Å². The van der Waals surface area contributed by atoms with Crippen molar-refractivity contribution in [3.05, 3.63) is 78.4 Å². The lowest BCUT2D eigenvalue weighted by atomic mass is 9.95. The fraction of sp³-hybridized carbons (Fsp3) is 0.333. The summed E-state index contributed by atoms with van der Waals surface area (Å²) in [5.41, 5.74) is 1.91. The van der Waals surface area contributed by atoms with Crippen molar-refractivity contribution in [2.45, 2.75) is 43.8 Å². The molecule has 2 aromatic carbocycles. The molecule has 9 heteroatoms. The summed E-state index contributed by atoms with van der Waals surface area (Å²) in [6, 6.07) is 13.2. The van der Waals surface area contributed by atoms with Crippen LogP contribution in [0.5, 0.6) is 5.75 Å². The number of amides is 1. The van der Waals surface area contributed by atoms with Gasteiger partial charge in [-0.05, 0) is 55.2 Å². The predicted octanol–water partition coefficient (Wildman–Crippen LogP) is 2.60. The Morgan fingerprint density at radius 1 is 1.15 bits per heavy atom. The predicted molar refractivity (Wildman–Crippen MR) is 124 cm³/mol. The van der Waals surface area contributed by atoms with Crippen LogP contribution < -0.4 is 10.1 Å². The third kappa shape index (κ3) is 5.26. The van der Waals surface area contributed by atoms with Gasteiger partial charge in [0, 0.05) is 32.0 Å². The van der Waals surface area contributed by atoms with Crippen LogP contribution in [-0.4, -0.2) is 47.4 Å². The molecule has 4 rings (SSSR count). The second kappa shape index (κ2) is 10.2. The summed E-state index contributed by atoms with van der Waals surface area (Å²) in [5.74, 6) is 0.317. The Hall–Kier alpha value is -3.17. The van der Waals surface area contributed by atoms with Crippen LogP contribution >= 0.6 is 0 Å². The molecule has 3 aromatic rings. The highest BCUT2D eigenvalue weighted by Gasteiger charge is 2.39. The zero-order chi connectivity index (χ0) is 23.3. The van der Waals surface area contributed by atoms with Crippen LogP contribution in [0.2, 0.25) is 0 Å². The fourth-order valence-corrected chi connectivity index (χ4v) is 5.56. The van der Waals surface area contributed by atoms with Gasteiger partial charge in [0.15, 0.2) is 0 Å². The molecule has 0 bridgehead atoms. The first-order chi connectivity index (χ1) is 16.0. The minimum absolute atomic E-state index is 0.142. The number of hydrogen-bond donors (Lipinski definition) is 1. The van der Waals surface area contributed by atoms with Crippen molar-refractivity contribution in [3.63, 3.8) is 0 Å². The number of rotatable bonds is 9. The molecule has 0 aliphatic carbocycles.